The smallest absolute Gasteiger partial charge is 0.270 e. The van der Waals surface area contributed by atoms with Crippen LogP contribution in [0.5, 0.6) is 11.6 Å². The highest BCUT2D eigenvalue weighted by Crippen LogP contribution is 2.34. The summed E-state index contributed by atoms with van der Waals surface area (Å²) >= 11 is 1.58. The molecule has 0 saturated heterocycles. The SMILES string of the molecule is COc1ccc([N+](=O)[O-])cc1COc1ncnc2sc(C)c(C)c12. The standard InChI is InChI=1S/C16H15N3O4S/c1-9-10(2)24-16-14(9)15(17-8-18-16)23-7-11-6-12(19(20)21)4-5-13(11)22-3/h4-6,8H,7H2,1-3H3. The Balaban J connectivity index is 1.94. The lowest BCUT2D eigenvalue weighted by Crippen LogP contribution is -2.02. The Morgan fingerprint density at radius 1 is 1.29 bits per heavy atom. The van der Waals surface area contributed by atoms with Crippen molar-refractivity contribution >= 4 is 27.2 Å². The zero-order chi connectivity index (χ0) is 17.3. The molecule has 8 heteroatoms. The summed E-state index contributed by atoms with van der Waals surface area (Å²) < 4.78 is 11.1. The van der Waals surface area contributed by atoms with Gasteiger partial charge in [0.15, 0.2) is 0 Å². The van der Waals surface area contributed by atoms with Crippen LogP contribution in [0.1, 0.15) is 16.0 Å². The number of hydrogen-bond acceptors (Lipinski definition) is 7. The summed E-state index contributed by atoms with van der Waals surface area (Å²) in [5, 5.41) is 11.8. The van der Waals surface area contributed by atoms with Crippen LogP contribution in [-0.4, -0.2) is 22.0 Å². The van der Waals surface area contributed by atoms with Gasteiger partial charge < -0.3 is 9.47 Å². The van der Waals surface area contributed by atoms with Crippen molar-refractivity contribution in [3.8, 4) is 11.6 Å². The van der Waals surface area contributed by atoms with Crippen molar-refractivity contribution in [1.29, 1.82) is 0 Å². The maximum absolute atomic E-state index is 11.0. The number of ether oxygens (including phenoxy) is 2. The number of nitro groups is 1. The first-order valence-electron chi connectivity index (χ1n) is 7.16. The van der Waals surface area contributed by atoms with Crippen LogP contribution in [0.25, 0.3) is 10.2 Å². The molecule has 0 radical (unpaired) electrons. The van der Waals surface area contributed by atoms with Gasteiger partial charge in [0.1, 0.15) is 23.5 Å². The third-order valence-electron chi connectivity index (χ3n) is 3.77. The maximum atomic E-state index is 11.0. The van der Waals surface area contributed by atoms with E-state index in [9.17, 15) is 10.1 Å². The van der Waals surface area contributed by atoms with E-state index < -0.39 is 4.92 Å². The van der Waals surface area contributed by atoms with Gasteiger partial charge in [-0.3, -0.25) is 10.1 Å². The fraction of sp³-hybridized carbons (Fsp3) is 0.250. The number of rotatable bonds is 5. The Morgan fingerprint density at radius 3 is 2.79 bits per heavy atom. The molecule has 0 N–H and O–H groups in total. The van der Waals surface area contributed by atoms with Crippen LogP contribution in [0.15, 0.2) is 24.5 Å². The first kappa shape index (κ1) is 16.1. The molecule has 24 heavy (non-hydrogen) atoms. The van der Waals surface area contributed by atoms with E-state index in [1.54, 1.807) is 17.4 Å². The topological polar surface area (TPSA) is 87.4 Å². The molecule has 0 saturated carbocycles. The quantitative estimate of drug-likeness (QED) is 0.516. The van der Waals surface area contributed by atoms with E-state index in [-0.39, 0.29) is 12.3 Å². The highest BCUT2D eigenvalue weighted by atomic mass is 32.1. The average molecular weight is 345 g/mol. The Bertz CT molecular complexity index is 923. The van der Waals surface area contributed by atoms with E-state index in [0.717, 1.165) is 20.7 Å². The predicted octanol–water partition coefficient (Wildman–Crippen LogP) is 3.80. The number of aryl methyl sites for hydroxylation is 2. The van der Waals surface area contributed by atoms with Crippen molar-refractivity contribution < 1.29 is 14.4 Å². The second kappa shape index (κ2) is 6.40. The van der Waals surface area contributed by atoms with Gasteiger partial charge in [0.05, 0.1) is 17.4 Å². The molecule has 0 aliphatic carbocycles. The van der Waals surface area contributed by atoms with Crippen molar-refractivity contribution in [1.82, 2.24) is 9.97 Å². The lowest BCUT2D eigenvalue weighted by atomic mass is 10.2. The van der Waals surface area contributed by atoms with Crippen LogP contribution in [-0.2, 0) is 6.61 Å². The second-order valence-corrected chi connectivity index (χ2v) is 6.39. The summed E-state index contributed by atoms with van der Waals surface area (Å²) in [5.41, 5.74) is 1.66. The molecule has 124 valence electrons. The van der Waals surface area contributed by atoms with E-state index in [1.165, 1.54) is 25.6 Å². The van der Waals surface area contributed by atoms with E-state index in [4.69, 9.17) is 9.47 Å². The summed E-state index contributed by atoms with van der Waals surface area (Å²) in [6.45, 7) is 4.14. The fourth-order valence-corrected chi connectivity index (χ4v) is 3.38. The molecule has 0 spiro atoms. The van der Waals surface area contributed by atoms with Gasteiger partial charge in [-0.1, -0.05) is 0 Å². The number of nitro benzene ring substituents is 1. The summed E-state index contributed by atoms with van der Waals surface area (Å²) in [6.07, 6.45) is 1.46. The van der Waals surface area contributed by atoms with Crippen molar-refractivity contribution in [2.75, 3.05) is 7.11 Å². The lowest BCUT2D eigenvalue weighted by molar-refractivity contribution is -0.385. The van der Waals surface area contributed by atoms with Crippen LogP contribution in [0.4, 0.5) is 5.69 Å². The molecule has 2 aromatic heterocycles. The highest BCUT2D eigenvalue weighted by Gasteiger charge is 2.15. The van der Waals surface area contributed by atoms with Crippen LogP contribution in [0.3, 0.4) is 0 Å². The molecular weight excluding hydrogens is 330 g/mol. The Hall–Kier alpha value is -2.74. The van der Waals surface area contributed by atoms with Gasteiger partial charge in [-0.25, -0.2) is 9.97 Å². The van der Waals surface area contributed by atoms with Crippen LogP contribution in [0.2, 0.25) is 0 Å². The van der Waals surface area contributed by atoms with Gasteiger partial charge in [-0.15, -0.1) is 11.3 Å². The van der Waals surface area contributed by atoms with Crippen molar-refractivity contribution in [2.24, 2.45) is 0 Å². The number of aromatic nitrogens is 2. The molecule has 0 aliphatic rings. The van der Waals surface area contributed by atoms with Crippen molar-refractivity contribution in [2.45, 2.75) is 20.5 Å². The summed E-state index contributed by atoms with van der Waals surface area (Å²) in [6, 6.07) is 4.41. The summed E-state index contributed by atoms with van der Waals surface area (Å²) in [5.74, 6) is 1.000. The van der Waals surface area contributed by atoms with Gasteiger partial charge in [0.2, 0.25) is 5.88 Å². The molecule has 0 unspecified atom stereocenters. The number of hydrogen-bond donors (Lipinski definition) is 0. The number of nitrogens with zero attached hydrogens (tertiary/aromatic N) is 3. The van der Waals surface area contributed by atoms with E-state index in [2.05, 4.69) is 9.97 Å². The van der Waals surface area contributed by atoms with Crippen LogP contribution < -0.4 is 9.47 Å². The largest absolute Gasteiger partial charge is 0.496 e. The monoisotopic (exact) mass is 345 g/mol. The minimum atomic E-state index is -0.446. The maximum Gasteiger partial charge on any atom is 0.270 e. The average Bonchev–Trinajstić information content (AvgIpc) is 2.87. The van der Waals surface area contributed by atoms with Gasteiger partial charge in [-0.05, 0) is 25.5 Å². The number of methoxy groups -OCH3 is 1. The summed E-state index contributed by atoms with van der Waals surface area (Å²) in [4.78, 5) is 21.0. The number of benzene rings is 1. The Kier molecular flexibility index (Phi) is 4.30. The van der Waals surface area contributed by atoms with Gasteiger partial charge in [-0.2, -0.15) is 0 Å². The Labute approximate surface area is 142 Å². The summed E-state index contributed by atoms with van der Waals surface area (Å²) in [7, 11) is 1.51. The lowest BCUT2D eigenvalue weighted by Gasteiger charge is -2.10. The van der Waals surface area contributed by atoms with Crippen molar-refractivity contribution in [3.05, 3.63) is 50.6 Å². The van der Waals surface area contributed by atoms with E-state index in [0.29, 0.717) is 17.2 Å². The normalized spacial score (nSPS) is 10.8. The molecule has 2 heterocycles. The third kappa shape index (κ3) is 2.88. The first-order chi connectivity index (χ1) is 11.5. The zero-order valence-corrected chi connectivity index (χ0v) is 14.2. The molecule has 0 fully saturated rings. The Morgan fingerprint density at radius 2 is 2.08 bits per heavy atom. The minimum absolute atomic E-state index is 0.00945. The minimum Gasteiger partial charge on any atom is -0.496 e. The van der Waals surface area contributed by atoms with Gasteiger partial charge in [0, 0.05) is 22.6 Å². The fourth-order valence-electron chi connectivity index (χ4n) is 2.40. The van der Waals surface area contributed by atoms with Crippen LogP contribution >= 0.6 is 11.3 Å². The van der Waals surface area contributed by atoms with Crippen molar-refractivity contribution in [3.63, 3.8) is 0 Å². The van der Waals surface area contributed by atoms with E-state index >= 15 is 0 Å². The molecule has 0 aliphatic heterocycles. The second-order valence-electron chi connectivity index (χ2n) is 5.18. The van der Waals surface area contributed by atoms with Gasteiger partial charge >= 0.3 is 0 Å². The highest BCUT2D eigenvalue weighted by molar-refractivity contribution is 7.18. The molecule has 7 nitrogen and oxygen atoms in total. The molecule has 0 bridgehead atoms. The molecule has 0 atom stereocenters. The zero-order valence-electron chi connectivity index (χ0n) is 13.4. The number of thiophene rings is 1. The van der Waals surface area contributed by atoms with E-state index in [1.807, 2.05) is 13.8 Å². The molecule has 0 amide bonds. The number of non-ortho nitro benzene ring substituents is 1. The molecule has 1 aromatic carbocycles. The number of fused-ring (bicyclic) bond motifs is 1. The third-order valence-corrected chi connectivity index (χ3v) is 4.89. The van der Waals surface area contributed by atoms with Crippen LogP contribution in [0, 0.1) is 24.0 Å². The predicted molar refractivity (Wildman–Crippen MR) is 90.9 cm³/mol. The molecule has 3 rings (SSSR count). The molecular formula is C16H15N3O4S. The molecule has 3 aromatic rings. The van der Waals surface area contributed by atoms with Gasteiger partial charge in [0.25, 0.3) is 5.69 Å². The first-order valence-corrected chi connectivity index (χ1v) is 7.97.